The lowest BCUT2D eigenvalue weighted by Gasteiger charge is -2.03. The largest absolute Gasteiger partial charge is 0.294 e. The molecule has 2 N–H and O–H groups in total. The zero-order chi connectivity index (χ0) is 8.48. The number of rotatable bonds is 2. The van der Waals surface area contributed by atoms with E-state index in [1.54, 1.807) is 0 Å². The molecule has 0 spiro atoms. The number of nitrogens with one attached hydrogen (secondary N) is 1. The summed E-state index contributed by atoms with van der Waals surface area (Å²) in [5.74, 6) is 0.0845. The van der Waals surface area contributed by atoms with Crippen LogP contribution in [-0.2, 0) is 21.1 Å². The van der Waals surface area contributed by atoms with Gasteiger partial charge < -0.3 is 0 Å². The van der Waals surface area contributed by atoms with Crippen molar-refractivity contribution in [2.45, 2.75) is 12.5 Å². The van der Waals surface area contributed by atoms with Crippen LogP contribution in [0.1, 0.15) is 6.42 Å². The van der Waals surface area contributed by atoms with Gasteiger partial charge in [-0.2, -0.15) is 0 Å². The Hall–Kier alpha value is 0.0200. The van der Waals surface area contributed by atoms with Crippen LogP contribution >= 0.6 is 0 Å². The molecule has 7 heteroatoms. The summed E-state index contributed by atoms with van der Waals surface area (Å²) in [6.45, 7) is 0. The minimum atomic E-state index is -2.95. The first-order chi connectivity index (χ1) is 4.99. The van der Waals surface area contributed by atoms with Gasteiger partial charge in [-0.1, -0.05) is 0 Å². The summed E-state index contributed by atoms with van der Waals surface area (Å²) in [4.78, 5) is 0. The zero-order valence-corrected chi connectivity index (χ0v) is 7.32. The first-order valence-electron chi connectivity index (χ1n) is 3.07. The molecule has 66 valence electrons. The lowest BCUT2D eigenvalue weighted by atomic mass is 10.3. The van der Waals surface area contributed by atoms with Crippen LogP contribution in [-0.4, -0.2) is 34.7 Å². The van der Waals surface area contributed by atoms with E-state index in [1.165, 1.54) is 0 Å². The van der Waals surface area contributed by atoms with Crippen molar-refractivity contribution < 1.29 is 17.2 Å². The third-order valence-corrected chi connectivity index (χ3v) is 3.80. The number of hydrogen-bond acceptors (Lipinski definition) is 3. The Morgan fingerprint density at radius 3 is 2.55 bits per heavy atom. The summed E-state index contributed by atoms with van der Waals surface area (Å²) in [5, 5.41) is 0. The molecular formula is C4H9NO4S2. The van der Waals surface area contributed by atoms with Crippen LogP contribution < -0.4 is 4.72 Å². The number of sulfone groups is 1. The zero-order valence-electron chi connectivity index (χ0n) is 5.69. The Morgan fingerprint density at radius 1 is 1.55 bits per heavy atom. The van der Waals surface area contributed by atoms with Crippen LogP contribution in [0.15, 0.2) is 0 Å². The molecule has 2 unspecified atom stereocenters. The maximum atomic E-state index is 10.8. The topological polar surface area (TPSA) is 83.5 Å². The molecular weight excluding hydrogens is 190 g/mol. The molecule has 5 nitrogen and oxygen atoms in total. The highest BCUT2D eigenvalue weighted by atomic mass is 32.2. The Bertz CT molecular complexity index is 259. The van der Waals surface area contributed by atoms with Crippen LogP contribution in [0.5, 0.6) is 0 Å². The fourth-order valence-electron chi connectivity index (χ4n) is 1.03. The molecule has 0 aromatic heterocycles. The molecule has 1 saturated heterocycles. The Balaban J connectivity index is 2.49. The van der Waals surface area contributed by atoms with Gasteiger partial charge in [0, 0.05) is 6.04 Å². The predicted molar refractivity (Wildman–Crippen MR) is 41.0 cm³/mol. The summed E-state index contributed by atoms with van der Waals surface area (Å²) in [6.07, 6.45) is 0.425. The Kier molecular flexibility index (Phi) is 2.63. The van der Waals surface area contributed by atoms with Crippen molar-refractivity contribution in [1.29, 1.82) is 0 Å². The molecule has 0 aromatic rings. The maximum Gasteiger partial charge on any atom is 0.232 e. The second kappa shape index (κ2) is 3.18. The molecule has 2 atom stereocenters. The second-order valence-electron chi connectivity index (χ2n) is 2.47. The van der Waals surface area contributed by atoms with Crippen LogP contribution in [0.3, 0.4) is 0 Å². The van der Waals surface area contributed by atoms with Crippen LogP contribution in [0, 0.1) is 0 Å². The third-order valence-electron chi connectivity index (χ3n) is 1.50. The molecule has 0 aromatic carbocycles. The van der Waals surface area contributed by atoms with Gasteiger partial charge in [0.05, 0.1) is 11.5 Å². The summed E-state index contributed by atoms with van der Waals surface area (Å²) in [7, 11) is -2.95. The van der Waals surface area contributed by atoms with Crippen molar-refractivity contribution in [3.8, 4) is 0 Å². The minimum Gasteiger partial charge on any atom is -0.294 e. The van der Waals surface area contributed by atoms with E-state index >= 15 is 0 Å². The lowest BCUT2D eigenvalue weighted by molar-refractivity contribution is 0.532. The van der Waals surface area contributed by atoms with Crippen molar-refractivity contribution in [3.63, 3.8) is 0 Å². The minimum absolute atomic E-state index is 0.0285. The summed E-state index contributed by atoms with van der Waals surface area (Å²) < 4.78 is 42.4. The van der Waals surface area contributed by atoms with Gasteiger partial charge in [-0.15, -0.1) is 0 Å². The van der Waals surface area contributed by atoms with Gasteiger partial charge >= 0.3 is 0 Å². The summed E-state index contributed by atoms with van der Waals surface area (Å²) in [5.41, 5.74) is 0. The highest BCUT2D eigenvalue weighted by Gasteiger charge is 2.28. The molecule has 0 bridgehead atoms. The molecule has 0 radical (unpaired) electrons. The van der Waals surface area contributed by atoms with E-state index in [2.05, 4.69) is 4.72 Å². The van der Waals surface area contributed by atoms with Crippen LogP contribution in [0.4, 0.5) is 0 Å². The fraction of sp³-hybridized carbons (Fsp3) is 1.00. The highest BCUT2D eigenvalue weighted by Crippen LogP contribution is 2.10. The third kappa shape index (κ3) is 2.86. The van der Waals surface area contributed by atoms with Crippen molar-refractivity contribution >= 4 is 21.1 Å². The second-order valence-corrected chi connectivity index (χ2v) is 5.43. The van der Waals surface area contributed by atoms with Gasteiger partial charge in [0.15, 0.2) is 9.84 Å². The number of hydrogen-bond donors (Lipinski definition) is 2. The smallest absolute Gasteiger partial charge is 0.232 e. The molecule has 1 fully saturated rings. The monoisotopic (exact) mass is 199 g/mol. The molecule has 1 rings (SSSR count). The first-order valence-corrected chi connectivity index (χ1v) is 6.00. The Labute approximate surface area is 67.5 Å². The average Bonchev–Trinajstić information content (AvgIpc) is 2.08. The van der Waals surface area contributed by atoms with Crippen LogP contribution in [0.2, 0.25) is 0 Å². The van der Waals surface area contributed by atoms with E-state index in [4.69, 9.17) is 4.55 Å². The molecule has 0 amide bonds. The van der Waals surface area contributed by atoms with Gasteiger partial charge in [-0.05, 0) is 6.42 Å². The van der Waals surface area contributed by atoms with E-state index in [0.29, 0.717) is 6.42 Å². The molecule has 1 heterocycles. The highest BCUT2D eigenvalue weighted by molar-refractivity contribution is 7.91. The molecule has 1 aliphatic heterocycles. The van der Waals surface area contributed by atoms with E-state index in [-0.39, 0.29) is 17.5 Å². The normalized spacial score (nSPS) is 31.9. The van der Waals surface area contributed by atoms with Gasteiger partial charge in [0.1, 0.15) is 0 Å². The molecule has 11 heavy (non-hydrogen) atoms. The summed E-state index contributed by atoms with van der Waals surface area (Å²) >= 11 is -2.10. The summed E-state index contributed by atoms with van der Waals surface area (Å²) in [6, 6.07) is -0.356. The van der Waals surface area contributed by atoms with Crippen molar-refractivity contribution in [2.24, 2.45) is 0 Å². The van der Waals surface area contributed by atoms with Crippen molar-refractivity contribution in [2.75, 3.05) is 11.5 Å². The SMILES string of the molecule is O=S(O)NC1CCS(=O)(=O)C1. The molecule has 1 aliphatic rings. The Morgan fingerprint density at radius 2 is 2.18 bits per heavy atom. The average molecular weight is 199 g/mol. The predicted octanol–water partition coefficient (Wildman–Crippen LogP) is -1.10. The standard InChI is InChI=1S/C4H9NO4S2/c6-10(7)5-4-1-2-11(8,9)3-4/h4-5H,1-3H2,(H,6,7). The van der Waals surface area contributed by atoms with Crippen molar-refractivity contribution in [3.05, 3.63) is 0 Å². The van der Waals surface area contributed by atoms with Crippen LogP contribution in [0.25, 0.3) is 0 Å². The fourth-order valence-corrected chi connectivity index (χ4v) is 3.30. The van der Waals surface area contributed by atoms with Gasteiger partial charge in [0.2, 0.25) is 11.3 Å². The van der Waals surface area contributed by atoms with Gasteiger partial charge in [0.25, 0.3) is 0 Å². The van der Waals surface area contributed by atoms with E-state index in [0.717, 1.165) is 0 Å². The lowest BCUT2D eigenvalue weighted by Crippen LogP contribution is -2.31. The van der Waals surface area contributed by atoms with E-state index in [9.17, 15) is 12.6 Å². The quantitative estimate of drug-likeness (QED) is 0.553. The maximum absolute atomic E-state index is 10.8. The van der Waals surface area contributed by atoms with Crippen molar-refractivity contribution in [1.82, 2.24) is 4.72 Å². The van der Waals surface area contributed by atoms with Gasteiger partial charge in [-0.3, -0.25) is 4.55 Å². The molecule has 0 aliphatic carbocycles. The van der Waals surface area contributed by atoms with Gasteiger partial charge in [-0.25, -0.2) is 17.3 Å². The first kappa shape index (κ1) is 9.11. The molecule has 0 saturated carbocycles. The van der Waals surface area contributed by atoms with E-state index in [1.807, 2.05) is 0 Å². The van der Waals surface area contributed by atoms with E-state index < -0.39 is 21.1 Å².